The molecular formula is C28H31N3O4. The molecule has 0 aliphatic carbocycles. The van der Waals surface area contributed by atoms with Gasteiger partial charge in [-0.25, -0.2) is 4.98 Å². The highest BCUT2D eigenvalue weighted by Gasteiger charge is 2.14. The average Bonchev–Trinajstić information content (AvgIpc) is 3.23. The fourth-order valence-electron chi connectivity index (χ4n) is 4.11. The number of aromatic nitrogens is 2. The summed E-state index contributed by atoms with van der Waals surface area (Å²) in [5.74, 6) is 2.59. The minimum absolute atomic E-state index is 0.206. The number of rotatable bonds is 10. The Morgan fingerprint density at radius 1 is 0.943 bits per heavy atom. The van der Waals surface area contributed by atoms with Gasteiger partial charge >= 0.3 is 0 Å². The molecule has 182 valence electrons. The van der Waals surface area contributed by atoms with E-state index in [1.54, 1.807) is 32.4 Å². The summed E-state index contributed by atoms with van der Waals surface area (Å²) in [6, 6.07) is 19.3. The number of nitrogens with zero attached hydrogens (tertiary/aromatic N) is 2. The molecule has 0 bridgehead atoms. The number of carbonyl (C=O) groups is 1. The number of methoxy groups -OCH3 is 2. The molecule has 7 nitrogen and oxygen atoms in total. The van der Waals surface area contributed by atoms with Crippen LogP contribution in [0, 0.1) is 13.8 Å². The maximum Gasteiger partial charge on any atom is 0.251 e. The number of imidazole rings is 1. The van der Waals surface area contributed by atoms with Gasteiger partial charge in [-0.15, -0.1) is 0 Å². The monoisotopic (exact) mass is 473 g/mol. The molecule has 35 heavy (non-hydrogen) atoms. The smallest absolute Gasteiger partial charge is 0.251 e. The van der Waals surface area contributed by atoms with Crippen molar-refractivity contribution in [1.82, 2.24) is 14.9 Å². The van der Waals surface area contributed by atoms with E-state index in [9.17, 15) is 4.79 Å². The second kappa shape index (κ2) is 11.0. The van der Waals surface area contributed by atoms with E-state index >= 15 is 0 Å². The van der Waals surface area contributed by atoms with Crippen molar-refractivity contribution < 1.29 is 19.0 Å². The molecule has 0 radical (unpaired) electrons. The number of fused-ring (bicyclic) bond motifs is 1. The van der Waals surface area contributed by atoms with Gasteiger partial charge in [-0.2, -0.15) is 0 Å². The van der Waals surface area contributed by atoms with E-state index in [1.807, 2.05) is 30.3 Å². The molecule has 1 heterocycles. The van der Waals surface area contributed by atoms with Crippen molar-refractivity contribution in [3.05, 3.63) is 83.2 Å². The Bertz CT molecular complexity index is 1330. The van der Waals surface area contributed by atoms with Crippen LogP contribution in [-0.2, 0) is 13.1 Å². The highest BCUT2D eigenvalue weighted by molar-refractivity contribution is 5.94. The summed E-state index contributed by atoms with van der Waals surface area (Å²) < 4.78 is 18.7. The quantitative estimate of drug-likeness (QED) is 0.326. The fourth-order valence-corrected chi connectivity index (χ4v) is 4.11. The van der Waals surface area contributed by atoms with Crippen LogP contribution in [-0.4, -0.2) is 36.3 Å². The fraction of sp³-hybridized carbons (Fsp3) is 0.286. The van der Waals surface area contributed by atoms with Gasteiger partial charge in [0.05, 0.1) is 38.4 Å². The number of ether oxygens (including phenoxy) is 3. The van der Waals surface area contributed by atoms with E-state index in [0.717, 1.165) is 41.1 Å². The molecule has 4 rings (SSSR count). The third-order valence-electron chi connectivity index (χ3n) is 5.90. The van der Waals surface area contributed by atoms with Crippen LogP contribution in [0.15, 0.2) is 60.7 Å². The van der Waals surface area contributed by atoms with Crippen LogP contribution in [0.1, 0.15) is 33.7 Å². The first-order chi connectivity index (χ1) is 17.0. The van der Waals surface area contributed by atoms with Crippen molar-refractivity contribution in [2.45, 2.75) is 33.4 Å². The Morgan fingerprint density at radius 2 is 1.71 bits per heavy atom. The summed E-state index contributed by atoms with van der Waals surface area (Å²) in [6.45, 7) is 5.76. The van der Waals surface area contributed by atoms with Gasteiger partial charge in [-0.05, 0) is 62.2 Å². The zero-order valence-electron chi connectivity index (χ0n) is 20.6. The second-order valence-corrected chi connectivity index (χ2v) is 8.39. The number of aryl methyl sites for hydroxylation is 3. The molecule has 0 fully saturated rings. The van der Waals surface area contributed by atoms with Crippen molar-refractivity contribution in [1.29, 1.82) is 0 Å². The second-order valence-electron chi connectivity index (χ2n) is 8.39. The topological polar surface area (TPSA) is 74.6 Å². The Labute approximate surface area is 205 Å². The Balaban J connectivity index is 1.44. The first-order valence-electron chi connectivity index (χ1n) is 11.6. The minimum atomic E-state index is -0.206. The van der Waals surface area contributed by atoms with Crippen molar-refractivity contribution in [2.75, 3.05) is 20.8 Å². The summed E-state index contributed by atoms with van der Waals surface area (Å²) in [6.07, 6.45) is 0.810. The molecule has 0 spiro atoms. The SMILES string of the molecule is COc1ccc(C(=O)NCc2nc3ccccc3n2CCCOc2ccc(C)cc2C)cc1OC. The summed E-state index contributed by atoms with van der Waals surface area (Å²) >= 11 is 0. The number of nitrogens with one attached hydrogen (secondary N) is 1. The molecule has 0 saturated heterocycles. The third-order valence-corrected chi connectivity index (χ3v) is 5.90. The average molecular weight is 474 g/mol. The molecule has 0 unspecified atom stereocenters. The normalized spacial score (nSPS) is 10.9. The minimum Gasteiger partial charge on any atom is -0.493 e. The standard InChI is InChI=1S/C28H31N3O4/c1-19-10-12-24(20(2)16-19)35-15-7-14-31-23-9-6-5-8-22(23)30-27(31)18-29-28(32)21-11-13-25(33-3)26(17-21)34-4/h5-6,8-13,16-17H,7,14-15,18H2,1-4H3,(H,29,32). The molecule has 0 aliphatic rings. The van der Waals surface area contributed by atoms with Crippen LogP contribution in [0.2, 0.25) is 0 Å². The first kappa shape index (κ1) is 24.1. The van der Waals surface area contributed by atoms with Crippen LogP contribution >= 0.6 is 0 Å². The van der Waals surface area contributed by atoms with Gasteiger partial charge in [-0.3, -0.25) is 4.79 Å². The highest BCUT2D eigenvalue weighted by atomic mass is 16.5. The first-order valence-corrected chi connectivity index (χ1v) is 11.6. The predicted molar refractivity (Wildman–Crippen MR) is 136 cm³/mol. The van der Waals surface area contributed by atoms with Crippen LogP contribution in [0.3, 0.4) is 0 Å². The number of hydrogen-bond donors (Lipinski definition) is 1. The number of carbonyl (C=O) groups excluding carboxylic acids is 1. The lowest BCUT2D eigenvalue weighted by molar-refractivity contribution is 0.0949. The van der Waals surface area contributed by atoms with Crippen molar-refractivity contribution in [2.24, 2.45) is 0 Å². The van der Waals surface area contributed by atoms with Crippen LogP contribution in [0.5, 0.6) is 17.2 Å². The molecule has 0 aliphatic heterocycles. The van der Waals surface area contributed by atoms with Gasteiger partial charge < -0.3 is 24.1 Å². The van der Waals surface area contributed by atoms with E-state index in [-0.39, 0.29) is 5.91 Å². The summed E-state index contributed by atoms with van der Waals surface area (Å²) in [4.78, 5) is 17.6. The number of benzene rings is 3. The molecule has 7 heteroatoms. The van der Waals surface area contributed by atoms with Crippen LogP contribution < -0.4 is 19.5 Å². The van der Waals surface area contributed by atoms with E-state index in [2.05, 4.69) is 35.9 Å². The van der Waals surface area contributed by atoms with Crippen LogP contribution in [0.4, 0.5) is 0 Å². The van der Waals surface area contributed by atoms with Crippen molar-refractivity contribution >= 4 is 16.9 Å². The van der Waals surface area contributed by atoms with Gasteiger partial charge in [0.15, 0.2) is 11.5 Å². The molecule has 1 N–H and O–H groups in total. The predicted octanol–water partition coefficient (Wildman–Crippen LogP) is 5.07. The molecular weight excluding hydrogens is 442 g/mol. The Kier molecular flexibility index (Phi) is 7.55. The van der Waals surface area contributed by atoms with Gasteiger partial charge in [0.1, 0.15) is 11.6 Å². The van der Waals surface area contributed by atoms with Gasteiger partial charge in [0.25, 0.3) is 5.91 Å². The Morgan fingerprint density at radius 3 is 2.49 bits per heavy atom. The van der Waals surface area contributed by atoms with E-state index in [1.165, 1.54) is 5.56 Å². The largest absolute Gasteiger partial charge is 0.493 e. The molecule has 3 aromatic carbocycles. The maximum atomic E-state index is 12.8. The zero-order chi connectivity index (χ0) is 24.8. The molecule has 1 amide bonds. The van der Waals surface area contributed by atoms with Gasteiger partial charge in [0, 0.05) is 12.1 Å². The number of amides is 1. The third kappa shape index (κ3) is 5.57. The summed E-state index contributed by atoms with van der Waals surface area (Å²) in [7, 11) is 3.11. The van der Waals surface area contributed by atoms with Crippen molar-refractivity contribution in [3.8, 4) is 17.2 Å². The molecule has 4 aromatic rings. The van der Waals surface area contributed by atoms with E-state index in [0.29, 0.717) is 30.2 Å². The molecule has 1 aromatic heterocycles. The molecule has 0 saturated carbocycles. The highest BCUT2D eigenvalue weighted by Crippen LogP contribution is 2.27. The number of para-hydroxylation sites is 2. The van der Waals surface area contributed by atoms with Crippen LogP contribution in [0.25, 0.3) is 11.0 Å². The summed E-state index contributed by atoms with van der Waals surface area (Å²) in [5.41, 5.74) is 4.79. The lowest BCUT2D eigenvalue weighted by Crippen LogP contribution is -2.25. The maximum absolute atomic E-state index is 12.8. The lowest BCUT2D eigenvalue weighted by atomic mass is 10.1. The van der Waals surface area contributed by atoms with E-state index in [4.69, 9.17) is 19.2 Å². The Hall–Kier alpha value is -4.00. The zero-order valence-corrected chi connectivity index (χ0v) is 20.6. The summed E-state index contributed by atoms with van der Waals surface area (Å²) in [5, 5.41) is 2.98. The number of hydrogen-bond acceptors (Lipinski definition) is 5. The lowest BCUT2D eigenvalue weighted by Gasteiger charge is -2.13. The van der Waals surface area contributed by atoms with Crippen molar-refractivity contribution in [3.63, 3.8) is 0 Å². The molecule has 0 atom stereocenters. The van der Waals surface area contributed by atoms with E-state index < -0.39 is 0 Å². The van der Waals surface area contributed by atoms with Gasteiger partial charge in [-0.1, -0.05) is 29.8 Å². The van der Waals surface area contributed by atoms with Gasteiger partial charge in [0.2, 0.25) is 0 Å².